The SMILES string of the molecule is O=C(NCC1CCCCC1)c1cc(S)ccc1Br. The molecule has 1 fully saturated rings. The number of carbonyl (C=O) groups is 1. The lowest BCUT2D eigenvalue weighted by atomic mass is 9.89. The Hall–Kier alpha value is -0.480. The van der Waals surface area contributed by atoms with Crippen LogP contribution in [0, 0.1) is 5.92 Å². The largest absolute Gasteiger partial charge is 0.352 e. The molecule has 0 saturated heterocycles. The summed E-state index contributed by atoms with van der Waals surface area (Å²) in [7, 11) is 0. The van der Waals surface area contributed by atoms with Gasteiger partial charge in [-0.1, -0.05) is 19.3 Å². The standard InChI is InChI=1S/C14H18BrNOS/c15-13-7-6-11(18)8-12(13)14(17)16-9-10-4-2-1-3-5-10/h6-8,10,18H,1-5,9H2,(H,16,17). The number of amides is 1. The number of halogens is 1. The van der Waals surface area contributed by atoms with Gasteiger partial charge in [-0.2, -0.15) is 0 Å². The first kappa shape index (κ1) is 13.9. The molecule has 1 aromatic carbocycles. The van der Waals surface area contributed by atoms with Gasteiger partial charge in [-0.3, -0.25) is 4.79 Å². The molecule has 0 spiro atoms. The molecular weight excluding hydrogens is 310 g/mol. The Bertz CT molecular complexity index is 430. The van der Waals surface area contributed by atoms with E-state index in [1.807, 2.05) is 12.1 Å². The molecule has 98 valence electrons. The molecule has 4 heteroatoms. The van der Waals surface area contributed by atoms with Crippen LogP contribution in [-0.2, 0) is 0 Å². The minimum Gasteiger partial charge on any atom is -0.352 e. The highest BCUT2D eigenvalue weighted by molar-refractivity contribution is 9.10. The molecule has 18 heavy (non-hydrogen) atoms. The maximum absolute atomic E-state index is 12.1. The number of rotatable bonds is 3. The number of benzene rings is 1. The van der Waals surface area contributed by atoms with Gasteiger partial charge in [-0.05, 0) is 52.9 Å². The summed E-state index contributed by atoms with van der Waals surface area (Å²) in [5, 5.41) is 3.03. The first-order chi connectivity index (χ1) is 8.66. The van der Waals surface area contributed by atoms with E-state index in [1.165, 1.54) is 32.1 Å². The second-order valence-electron chi connectivity index (χ2n) is 4.88. The zero-order valence-corrected chi connectivity index (χ0v) is 12.8. The number of thiol groups is 1. The maximum atomic E-state index is 12.1. The van der Waals surface area contributed by atoms with Gasteiger partial charge in [-0.25, -0.2) is 0 Å². The van der Waals surface area contributed by atoms with Crippen LogP contribution in [0.3, 0.4) is 0 Å². The van der Waals surface area contributed by atoms with E-state index in [1.54, 1.807) is 6.07 Å². The minimum absolute atomic E-state index is 0.0108. The Morgan fingerprint density at radius 2 is 2.06 bits per heavy atom. The quantitative estimate of drug-likeness (QED) is 0.806. The molecule has 0 unspecified atom stereocenters. The lowest BCUT2D eigenvalue weighted by Crippen LogP contribution is -2.30. The zero-order chi connectivity index (χ0) is 13.0. The Morgan fingerprint density at radius 3 is 2.78 bits per heavy atom. The van der Waals surface area contributed by atoms with Crippen LogP contribution in [0.1, 0.15) is 42.5 Å². The van der Waals surface area contributed by atoms with Gasteiger partial charge in [0.15, 0.2) is 0 Å². The third-order valence-electron chi connectivity index (χ3n) is 3.47. The third-order valence-corrected chi connectivity index (χ3v) is 4.44. The van der Waals surface area contributed by atoms with Crippen LogP contribution in [0.15, 0.2) is 27.6 Å². The molecular formula is C14H18BrNOS. The molecule has 1 aromatic rings. The highest BCUT2D eigenvalue weighted by Gasteiger charge is 2.16. The average Bonchev–Trinajstić information content (AvgIpc) is 2.40. The van der Waals surface area contributed by atoms with Crippen LogP contribution >= 0.6 is 28.6 Å². The Labute approximate surface area is 122 Å². The summed E-state index contributed by atoms with van der Waals surface area (Å²) in [6.07, 6.45) is 6.44. The van der Waals surface area contributed by atoms with Crippen molar-refractivity contribution in [3.63, 3.8) is 0 Å². The lowest BCUT2D eigenvalue weighted by molar-refractivity contribution is 0.0942. The van der Waals surface area contributed by atoms with Crippen molar-refractivity contribution < 1.29 is 4.79 Å². The van der Waals surface area contributed by atoms with E-state index in [-0.39, 0.29) is 5.91 Å². The molecule has 0 heterocycles. The number of hydrogen-bond acceptors (Lipinski definition) is 2. The fourth-order valence-corrected chi connectivity index (χ4v) is 3.04. The van der Waals surface area contributed by atoms with Crippen LogP contribution < -0.4 is 5.32 Å². The smallest absolute Gasteiger partial charge is 0.252 e. The fourth-order valence-electron chi connectivity index (χ4n) is 2.41. The van der Waals surface area contributed by atoms with Crippen molar-refractivity contribution in [1.29, 1.82) is 0 Å². The van der Waals surface area contributed by atoms with Gasteiger partial charge < -0.3 is 5.32 Å². The average molecular weight is 328 g/mol. The molecule has 0 aromatic heterocycles. The number of hydrogen-bond donors (Lipinski definition) is 2. The summed E-state index contributed by atoms with van der Waals surface area (Å²) in [5.74, 6) is 0.643. The summed E-state index contributed by atoms with van der Waals surface area (Å²) >= 11 is 7.67. The summed E-state index contributed by atoms with van der Waals surface area (Å²) in [6.45, 7) is 0.794. The van der Waals surface area contributed by atoms with E-state index in [9.17, 15) is 4.79 Å². The van der Waals surface area contributed by atoms with E-state index in [0.29, 0.717) is 11.5 Å². The van der Waals surface area contributed by atoms with Gasteiger partial charge in [0.1, 0.15) is 0 Å². The molecule has 1 aliphatic rings. The van der Waals surface area contributed by atoms with E-state index >= 15 is 0 Å². The molecule has 0 atom stereocenters. The van der Waals surface area contributed by atoms with Crippen LogP contribution in [0.2, 0.25) is 0 Å². The van der Waals surface area contributed by atoms with Gasteiger partial charge in [0.2, 0.25) is 0 Å². The third kappa shape index (κ3) is 3.75. The molecule has 0 bridgehead atoms. The van der Waals surface area contributed by atoms with E-state index in [2.05, 4.69) is 33.9 Å². The molecule has 1 amide bonds. The Balaban J connectivity index is 1.92. The van der Waals surface area contributed by atoms with Crippen molar-refractivity contribution in [3.05, 3.63) is 28.2 Å². The van der Waals surface area contributed by atoms with Gasteiger partial charge in [0.05, 0.1) is 5.56 Å². The van der Waals surface area contributed by atoms with Crippen molar-refractivity contribution in [2.45, 2.75) is 37.0 Å². The molecule has 2 nitrogen and oxygen atoms in total. The highest BCUT2D eigenvalue weighted by Crippen LogP contribution is 2.23. The molecule has 0 radical (unpaired) electrons. The van der Waals surface area contributed by atoms with Gasteiger partial charge in [0.25, 0.3) is 5.91 Å². The van der Waals surface area contributed by atoms with Crippen molar-refractivity contribution in [1.82, 2.24) is 5.32 Å². The zero-order valence-electron chi connectivity index (χ0n) is 10.3. The summed E-state index contributed by atoms with van der Waals surface area (Å²) < 4.78 is 0.821. The summed E-state index contributed by atoms with van der Waals surface area (Å²) in [5.41, 5.74) is 0.665. The molecule has 1 aliphatic carbocycles. The van der Waals surface area contributed by atoms with Crippen LogP contribution in [0.4, 0.5) is 0 Å². The molecule has 1 saturated carbocycles. The van der Waals surface area contributed by atoms with Crippen molar-refractivity contribution in [2.75, 3.05) is 6.54 Å². The van der Waals surface area contributed by atoms with Crippen molar-refractivity contribution in [3.8, 4) is 0 Å². The van der Waals surface area contributed by atoms with E-state index in [0.717, 1.165) is 15.9 Å². The highest BCUT2D eigenvalue weighted by atomic mass is 79.9. The monoisotopic (exact) mass is 327 g/mol. The maximum Gasteiger partial charge on any atom is 0.252 e. The van der Waals surface area contributed by atoms with Gasteiger partial charge in [0, 0.05) is 15.9 Å². The van der Waals surface area contributed by atoms with E-state index < -0.39 is 0 Å². The predicted molar refractivity (Wildman–Crippen MR) is 80.3 cm³/mol. The van der Waals surface area contributed by atoms with Crippen molar-refractivity contribution in [2.24, 2.45) is 5.92 Å². The normalized spacial score (nSPS) is 16.6. The van der Waals surface area contributed by atoms with Gasteiger partial charge >= 0.3 is 0 Å². The fraction of sp³-hybridized carbons (Fsp3) is 0.500. The second-order valence-corrected chi connectivity index (χ2v) is 6.25. The Morgan fingerprint density at radius 1 is 1.33 bits per heavy atom. The van der Waals surface area contributed by atoms with Crippen LogP contribution in [-0.4, -0.2) is 12.5 Å². The minimum atomic E-state index is -0.0108. The Kier molecular flexibility index (Phi) is 5.13. The predicted octanol–water partition coefficient (Wildman–Crippen LogP) is 4.05. The van der Waals surface area contributed by atoms with Gasteiger partial charge in [-0.15, -0.1) is 12.6 Å². The molecule has 1 N–H and O–H groups in total. The number of carbonyl (C=O) groups excluding carboxylic acids is 1. The molecule has 0 aliphatic heterocycles. The lowest BCUT2D eigenvalue weighted by Gasteiger charge is -2.21. The summed E-state index contributed by atoms with van der Waals surface area (Å²) in [6, 6.07) is 5.52. The number of nitrogens with one attached hydrogen (secondary N) is 1. The van der Waals surface area contributed by atoms with Crippen LogP contribution in [0.5, 0.6) is 0 Å². The molecule has 2 rings (SSSR count). The first-order valence-corrected chi connectivity index (χ1v) is 7.67. The topological polar surface area (TPSA) is 29.1 Å². The second kappa shape index (κ2) is 6.62. The van der Waals surface area contributed by atoms with Crippen molar-refractivity contribution >= 4 is 34.5 Å². The van der Waals surface area contributed by atoms with Crippen LogP contribution in [0.25, 0.3) is 0 Å². The first-order valence-electron chi connectivity index (χ1n) is 6.43. The van der Waals surface area contributed by atoms with E-state index in [4.69, 9.17) is 0 Å². The summed E-state index contributed by atoms with van der Waals surface area (Å²) in [4.78, 5) is 12.9.